The Bertz CT molecular complexity index is 486. The average Bonchev–Trinajstić information content (AvgIpc) is 2.37. The van der Waals surface area contributed by atoms with Crippen LogP contribution in [0.4, 0.5) is 4.79 Å². The van der Waals surface area contributed by atoms with E-state index in [4.69, 9.17) is 5.11 Å². The average molecular weight is 343 g/mol. The Morgan fingerprint density at radius 2 is 1.85 bits per heavy atom. The zero-order valence-electron chi connectivity index (χ0n) is 11.7. The number of carboxylic acids is 1. The van der Waals surface area contributed by atoms with E-state index >= 15 is 0 Å². The summed E-state index contributed by atoms with van der Waals surface area (Å²) in [6, 6.07) is 7.09. The first-order chi connectivity index (χ1) is 9.22. The molecule has 3 N–H and O–H groups in total. The van der Waals surface area contributed by atoms with Gasteiger partial charge >= 0.3 is 12.0 Å². The molecule has 0 aliphatic rings. The fraction of sp³-hybridized carbons (Fsp3) is 0.429. The first-order valence-electron chi connectivity index (χ1n) is 6.25. The maximum atomic E-state index is 11.7. The van der Waals surface area contributed by atoms with Gasteiger partial charge in [-0.2, -0.15) is 0 Å². The summed E-state index contributed by atoms with van der Waals surface area (Å²) in [5, 5.41) is 14.3. The van der Waals surface area contributed by atoms with Crippen molar-refractivity contribution < 1.29 is 14.7 Å². The molecule has 0 radical (unpaired) electrons. The van der Waals surface area contributed by atoms with Gasteiger partial charge in [-0.1, -0.05) is 28.1 Å². The van der Waals surface area contributed by atoms with E-state index in [1.54, 1.807) is 13.8 Å². The van der Waals surface area contributed by atoms with Crippen LogP contribution in [0.25, 0.3) is 0 Å². The van der Waals surface area contributed by atoms with Crippen LogP contribution < -0.4 is 10.6 Å². The summed E-state index contributed by atoms with van der Waals surface area (Å²) in [5.74, 6) is -0.946. The molecule has 0 heterocycles. The number of halogens is 1. The summed E-state index contributed by atoms with van der Waals surface area (Å²) in [5.41, 5.74) is -0.0149. The highest BCUT2D eigenvalue weighted by molar-refractivity contribution is 9.10. The van der Waals surface area contributed by atoms with Crippen molar-refractivity contribution in [3.63, 3.8) is 0 Å². The molecule has 0 saturated carbocycles. The molecular weight excluding hydrogens is 324 g/mol. The summed E-state index contributed by atoms with van der Waals surface area (Å²) in [4.78, 5) is 22.7. The minimum Gasteiger partial charge on any atom is -0.481 e. The molecule has 1 atom stereocenters. The van der Waals surface area contributed by atoms with E-state index in [0.29, 0.717) is 0 Å². The minimum absolute atomic E-state index is 0.0707. The molecule has 0 aliphatic carbocycles. The molecule has 110 valence electrons. The molecule has 1 aromatic carbocycles. The zero-order valence-corrected chi connectivity index (χ0v) is 13.3. The number of nitrogens with one attached hydrogen (secondary N) is 2. The lowest BCUT2D eigenvalue weighted by Crippen LogP contribution is -2.44. The summed E-state index contributed by atoms with van der Waals surface area (Å²) in [6.45, 7) is 5.06. The summed E-state index contributed by atoms with van der Waals surface area (Å²) >= 11 is 3.35. The van der Waals surface area contributed by atoms with E-state index in [1.165, 1.54) is 0 Å². The Balaban J connectivity index is 2.50. The second-order valence-corrected chi connectivity index (χ2v) is 6.20. The summed E-state index contributed by atoms with van der Waals surface area (Å²) in [6.07, 6.45) is 0. The Morgan fingerprint density at radius 1 is 1.30 bits per heavy atom. The van der Waals surface area contributed by atoms with Gasteiger partial charge in [-0.15, -0.1) is 0 Å². The van der Waals surface area contributed by atoms with Crippen molar-refractivity contribution in [2.45, 2.75) is 26.8 Å². The Kier molecular flexibility index (Phi) is 5.56. The van der Waals surface area contributed by atoms with Crippen molar-refractivity contribution in [2.24, 2.45) is 5.41 Å². The molecule has 1 aromatic rings. The molecule has 0 spiro atoms. The number of carbonyl (C=O) groups excluding carboxylic acids is 1. The van der Waals surface area contributed by atoms with Crippen molar-refractivity contribution in [2.75, 3.05) is 6.54 Å². The van der Waals surface area contributed by atoms with Crippen LogP contribution in [0.5, 0.6) is 0 Å². The molecular formula is C14H19BrN2O3. The highest BCUT2D eigenvalue weighted by Gasteiger charge is 2.27. The molecule has 1 rings (SSSR count). The second kappa shape index (κ2) is 6.74. The second-order valence-electron chi connectivity index (χ2n) is 5.29. The van der Waals surface area contributed by atoms with E-state index in [9.17, 15) is 9.59 Å². The number of aliphatic carboxylic acids is 1. The van der Waals surface area contributed by atoms with Crippen molar-refractivity contribution in [1.29, 1.82) is 0 Å². The smallest absolute Gasteiger partial charge is 0.315 e. The number of carbonyl (C=O) groups is 2. The van der Waals surface area contributed by atoms with E-state index in [-0.39, 0.29) is 18.6 Å². The lowest BCUT2D eigenvalue weighted by Gasteiger charge is -2.21. The molecule has 0 saturated heterocycles. The number of carboxylic acid groups (broad SMARTS) is 1. The van der Waals surface area contributed by atoms with Gasteiger partial charge in [0.05, 0.1) is 11.5 Å². The van der Waals surface area contributed by atoms with Crippen LogP contribution in [-0.4, -0.2) is 23.7 Å². The SMILES string of the molecule is CC(NC(=O)NCC(C)(C)C(=O)O)c1ccc(Br)cc1. The van der Waals surface area contributed by atoms with Crippen LogP contribution in [0, 0.1) is 5.41 Å². The van der Waals surface area contributed by atoms with Crippen molar-refractivity contribution in [1.82, 2.24) is 10.6 Å². The lowest BCUT2D eigenvalue weighted by molar-refractivity contribution is -0.146. The molecule has 2 amide bonds. The molecule has 20 heavy (non-hydrogen) atoms. The highest BCUT2D eigenvalue weighted by atomic mass is 79.9. The van der Waals surface area contributed by atoms with Gasteiger partial charge in [0.15, 0.2) is 0 Å². The molecule has 0 fully saturated rings. The molecule has 6 heteroatoms. The molecule has 0 aromatic heterocycles. The molecule has 1 unspecified atom stereocenters. The van der Waals surface area contributed by atoms with Crippen LogP contribution in [0.15, 0.2) is 28.7 Å². The van der Waals surface area contributed by atoms with Crippen molar-refractivity contribution >= 4 is 27.9 Å². The van der Waals surface area contributed by atoms with Gasteiger partial charge in [-0.3, -0.25) is 4.79 Å². The number of benzene rings is 1. The summed E-state index contributed by atoms with van der Waals surface area (Å²) in [7, 11) is 0. The number of hydrogen-bond donors (Lipinski definition) is 3. The molecule has 0 aliphatic heterocycles. The number of amides is 2. The van der Waals surface area contributed by atoms with E-state index in [0.717, 1.165) is 10.0 Å². The summed E-state index contributed by atoms with van der Waals surface area (Å²) < 4.78 is 0.973. The topological polar surface area (TPSA) is 78.4 Å². The number of hydrogen-bond acceptors (Lipinski definition) is 2. The Morgan fingerprint density at radius 3 is 2.35 bits per heavy atom. The van der Waals surface area contributed by atoms with Gasteiger partial charge in [-0.05, 0) is 38.5 Å². The van der Waals surface area contributed by atoms with Gasteiger partial charge < -0.3 is 15.7 Å². The number of rotatable bonds is 5. The van der Waals surface area contributed by atoms with Gasteiger partial charge in [0, 0.05) is 11.0 Å². The number of urea groups is 1. The fourth-order valence-electron chi connectivity index (χ4n) is 1.46. The normalized spacial score (nSPS) is 12.6. The van der Waals surface area contributed by atoms with Gasteiger partial charge in [0.25, 0.3) is 0 Å². The molecule has 5 nitrogen and oxygen atoms in total. The van der Waals surface area contributed by atoms with E-state index < -0.39 is 11.4 Å². The van der Waals surface area contributed by atoms with Crippen LogP contribution in [0.1, 0.15) is 32.4 Å². The molecule has 0 bridgehead atoms. The van der Waals surface area contributed by atoms with Gasteiger partial charge in [0.1, 0.15) is 0 Å². The predicted octanol–water partition coefficient (Wildman–Crippen LogP) is 2.92. The van der Waals surface area contributed by atoms with E-state index in [2.05, 4.69) is 26.6 Å². The predicted molar refractivity (Wildman–Crippen MR) is 80.5 cm³/mol. The maximum absolute atomic E-state index is 11.7. The first-order valence-corrected chi connectivity index (χ1v) is 7.05. The highest BCUT2D eigenvalue weighted by Crippen LogP contribution is 2.16. The van der Waals surface area contributed by atoms with Crippen LogP contribution in [-0.2, 0) is 4.79 Å². The van der Waals surface area contributed by atoms with Crippen molar-refractivity contribution in [3.05, 3.63) is 34.3 Å². The third-order valence-electron chi connectivity index (χ3n) is 2.99. The Hall–Kier alpha value is -1.56. The van der Waals surface area contributed by atoms with E-state index in [1.807, 2.05) is 31.2 Å². The van der Waals surface area contributed by atoms with Crippen molar-refractivity contribution in [3.8, 4) is 0 Å². The Labute approximate surface area is 126 Å². The van der Waals surface area contributed by atoms with Gasteiger partial charge in [0.2, 0.25) is 0 Å². The van der Waals surface area contributed by atoms with Gasteiger partial charge in [-0.25, -0.2) is 4.79 Å². The minimum atomic E-state index is -0.988. The third kappa shape index (κ3) is 4.85. The van der Waals surface area contributed by atoms with Crippen LogP contribution >= 0.6 is 15.9 Å². The van der Waals surface area contributed by atoms with Crippen LogP contribution in [0.3, 0.4) is 0 Å². The zero-order chi connectivity index (χ0) is 15.3. The maximum Gasteiger partial charge on any atom is 0.315 e. The quantitative estimate of drug-likeness (QED) is 0.769. The third-order valence-corrected chi connectivity index (χ3v) is 3.52. The lowest BCUT2D eigenvalue weighted by atomic mass is 9.94. The first kappa shape index (κ1) is 16.5. The van der Waals surface area contributed by atoms with Crippen LogP contribution in [0.2, 0.25) is 0 Å². The largest absolute Gasteiger partial charge is 0.481 e. The fourth-order valence-corrected chi connectivity index (χ4v) is 1.72. The standard InChI is InChI=1S/C14H19BrN2O3/c1-9(10-4-6-11(15)7-5-10)17-13(20)16-8-14(2,3)12(18)19/h4-7,9H,8H2,1-3H3,(H,18,19)(H2,16,17,20). The monoisotopic (exact) mass is 342 g/mol.